The summed E-state index contributed by atoms with van der Waals surface area (Å²) in [6, 6.07) is 6.56. The lowest BCUT2D eigenvalue weighted by molar-refractivity contribution is -0.141. The van der Waals surface area contributed by atoms with Gasteiger partial charge in [-0.25, -0.2) is 0 Å². The molecule has 0 bridgehead atoms. The molecule has 0 unspecified atom stereocenters. The van der Waals surface area contributed by atoms with Gasteiger partial charge in [-0.05, 0) is 30.5 Å². The predicted octanol–water partition coefficient (Wildman–Crippen LogP) is 1.78. The quantitative estimate of drug-likeness (QED) is 0.822. The van der Waals surface area contributed by atoms with Gasteiger partial charge in [-0.15, -0.1) is 0 Å². The number of nitrogens with one attached hydrogen (secondary N) is 1. The van der Waals surface area contributed by atoms with E-state index in [-0.39, 0.29) is 6.61 Å². The molecule has 0 saturated heterocycles. The molecule has 0 radical (unpaired) electrons. The highest BCUT2D eigenvalue weighted by Gasteiger charge is 2.14. The predicted molar refractivity (Wildman–Crippen MR) is 71.3 cm³/mol. The van der Waals surface area contributed by atoms with Crippen LogP contribution in [0.2, 0.25) is 0 Å². The Morgan fingerprint density at radius 1 is 1.21 bits per heavy atom. The summed E-state index contributed by atoms with van der Waals surface area (Å²) in [4.78, 5) is 22.0. The summed E-state index contributed by atoms with van der Waals surface area (Å²) in [7, 11) is 0. The van der Waals surface area contributed by atoms with E-state index in [2.05, 4.69) is 19.2 Å². The van der Waals surface area contributed by atoms with Crippen LogP contribution in [0.25, 0.3) is 0 Å². The Balaban J connectivity index is 2.44. The van der Waals surface area contributed by atoms with Gasteiger partial charge in [-0.2, -0.15) is 0 Å². The second-order valence-electron chi connectivity index (χ2n) is 4.64. The molecule has 104 valence electrons. The van der Waals surface area contributed by atoms with Crippen LogP contribution in [0.5, 0.6) is 5.75 Å². The molecule has 2 N–H and O–H groups in total. The van der Waals surface area contributed by atoms with Gasteiger partial charge >= 0.3 is 5.97 Å². The molecule has 1 atom stereocenters. The summed E-state index contributed by atoms with van der Waals surface area (Å²) >= 11 is 0. The van der Waals surface area contributed by atoms with Gasteiger partial charge < -0.3 is 15.2 Å². The van der Waals surface area contributed by atoms with Crippen LogP contribution >= 0.6 is 0 Å². The minimum absolute atomic E-state index is 0.196. The Kier molecular flexibility index (Phi) is 5.36. The largest absolute Gasteiger partial charge is 0.484 e. The summed E-state index contributed by atoms with van der Waals surface area (Å²) < 4.78 is 5.28. The van der Waals surface area contributed by atoms with Crippen molar-refractivity contribution in [3.8, 4) is 5.75 Å². The smallest absolute Gasteiger partial charge is 0.325 e. The number of hydrogen-bond donors (Lipinski definition) is 2. The highest BCUT2D eigenvalue weighted by molar-refractivity contribution is 5.84. The Labute approximate surface area is 112 Å². The second kappa shape index (κ2) is 6.78. The van der Waals surface area contributed by atoms with Crippen LogP contribution < -0.4 is 10.1 Å². The third-order valence-corrected chi connectivity index (χ3v) is 2.66. The molecule has 0 heterocycles. The first-order valence-electron chi connectivity index (χ1n) is 6.15. The summed E-state index contributed by atoms with van der Waals surface area (Å²) in [5.74, 6) is -0.506. The van der Waals surface area contributed by atoms with Gasteiger partial charge in [0.15, 0.2) is 6.61 Å². The molecule has 1 aromatic rings. The Bertz CT molecular complexity index is 439. The summed E-state index contributed by atoms with van der Waals surface area (Å²) in [5.41, 5.74) is 1.19. The van der Waals surface area contributed by atoms with E-state index in [1.54, 1.807) is 12.1 Å². The van der Waals surface area contributed by atoms with Crippen LogP contribution in [0.1, 0.15) is 32.3 Å². The molecule has 0 aliphatic heterocycles. The van der Waals surface area contributed by atoms with Gasteiger partial charge in [0.1, 0.15) is 11.8 Å². The SMILES string of the molecule is CC(C)c1ccc(OCC(=O)N[C@@H](C)C(=O)O)cc1. The standard InChI is InChI=1S/C14H19NO4/c1-9(2)11-4-6-12(7-5-11)19-8-13(16)15-10(3)14(17)18/h4-7,9-10H,8H2,1-3H3,(H,15,16)(H,17,18)/t10-/m0/s1. The minimum Gasteiger partial charge on any atom is -0.484 e. The maximum atomic E-state index is 11.4. The lowest BCUT2D eigenvalue weighted by Crippen LogP contribution is -2.40. The van der Waals surface area contributed by atoms with Crippen LogP contribution in [0.15, 0.2) is 24.3 Å². The normalized spacial score (nSPS) is 12.0. The number of amides is 1. The molecule has 5 heteroatoms. The van der Waals surface area contributed by atoms with Gasteiger partial charge in [-0.3, -0.25) is 9.59 Å². The number of carboxylic acids is 1. The monoisotopic (exact) mass is 265 g/mol. The van der Waals surface area contributed by atoms with E-state index in [4.69, 9.17) is 9.84 Å². The topological polar surface area (TPSA) is 75.6 Å². The maximum absolute atomic E-state index is 11.4. The van der Waals surface area contributed by atoms with E-state index in [1.165, 1.54) is 12.5 Å². The lowest BCUT2D eigenvalue weighted by atomic mass is 10.0. The number of rotatable bonds is 6. The molecule has 0 aromatic heterocycles. The van der Waals surface area contributed by atoms with E-state index in [0.29, 0.717) is 11.7 Å². The molecule has 19 heavy (non-hydrogen) atoms. The highest BCUT2D eigenvalue weighted by Crippen LogP contribution is 2.18. The number of benzene rings is 1. The zero-order valence-corrected chi connectivity index (χ0v) is 11.3. The minimum atomic E-state index is -1.07. The maximum Gasteiger partial charge on any atom is 0.325 e. The number of carbonyl (C=O) groups excluding carboxylic acids is 1. The van der Waals surface area contributed by atoms with Crippen LogP contribution in [-0.2, 0) is 9.59 Å². The molecule has 1 amide bonds. The number of carbonyl (C=O) groups is 2. The van der Waals surface area contributed by atoms with Crippen LogP contribution in [0.3, 0.4) is 0 Å². The second-order valence-corrected chi connectivity index (χ2v) is 4.64. The fourth-order valence-electron chi connectivity index (χ4n) is 1.44. The molecular formula is C14H19NO4. The van der Waals surface area contributed by atoms with Crippen molar-refractivity contribution in [1.82, 2.24) is 5.32 Å². The van der Waals surface area contributed by atoms with Crippen molar-refractivity contribution in [1.29, 1.82) is 0 Å². The first kappa shape index (κ1) is 15.0. The molecular weight excluding hydrogens is 246 g/mol. The molecule has 0 fully saturated rings. The van der Waals surface area contributed by atoms with Crippen molar-refractivity contribution in [3.63, 3.8) is 0 Å². The molecule has 0 saturated carbocycles. The Morgan fingerprint density at radius 2 is 1.79 bits per heavy atom. The van der Waals surface area contributed by atoms with E-state index >= 15 is 0 Å². The lowest BCUT2D eigenvalue weighted by Gasteiger charge is -2.11. The zero-order chi connectivity index (χ0) is 14.4. The van der Waals surface area contributed by atoms with Crippen molar-refractivity contribution in [2.24, 2.45) is 0 Å². The average molecular weight is 265 g/mol. The van der Waals surface area contributed by atoms with Gasteiger partial charge in [0.2, 0.25) is 0 Å². The molecule has 1 aromatic carbocycles. The third kappa shape index (κ3) is 4.99. The summed E-state index contributed by atoms with van der Waals surface area (Å²) in [5, 5.41) is 11.0. The van der Waals surface area contributed by atoms with Gasteiger partial charge in [-0.1, -0.05) is 26.0 Å². The number of carboxylic acid groups (broad SMARTS) is 1. The van der Waals surface area contributed by atoms with E-state index in [0.717, 1.165) is 0 Å². The zero-order valence-electron chi connectivity index (χ0n) is 11.3. The molecule has 0 aliphatic carbocycles. The Hall–Kier alpha value is -2.04. The fourth-order valence-corrected chi connectivity index (χ4v) is 1.44. The molecule has 0 spiro atoms. The van der Waals surface area contributed by atoms with Gasteiger partial charge in [0, 0.05) is 0 Å². The van der Waals surface area contributed by atoms with Gasteiger partial charge in [0.05, 0.1) is 0 Å². The molecule has 1 rings (SSSR count). The summed E-state index contributed by atoms with van der Waals surface area (Å²) in [6.45, 7) is 5.39. The van der Waals surface area contributed by atoms with Crippen LogP contribution in [-0.4, -0.2) is 29.6 Å². The van der Waals surface area contributed by atoms with Gasteiger partial charge in [0.25, 0.3) is 5.91 Å². The Morgan fingerprint density at radius 3 is 2.26 bits per heavy atom. The van der Waals surface area contributed by atoms with Crippen LogP contribution in [0, 0.1) is 0 Å². The first-order valence-corrected chi connectivity index (χ1v) is 6.15. The van der Waals surface area contributed by atoms with E-state index in [9.17, 15) is 9.59 Å². The van der Waals surface area contributed by atoms with Crippen molar-refractivity contribution in [3.05, 3.63) is 29.8 Å². The molecule has 5 nitrogen and oxygen atoms in total. The van der Waals surface area contributed by atoms with Crippen molar-refractivity contribution >= 4 is 11.9 Å². The van der Waals surface area contributed by atoms with Crippen molar-refractivity contribution in [2.45, 2.75) is 32.7 Å². The highest BCUT2D eigenvalue weighted by atomic mass is 16.5. The number of hydrogen-bond acceptors (Lipinski definition) is 3. The van der Waals surface area contributed by atoms with E-state index < -0.39 is 17.9 Å². The number of aliphatic carboxylic acids is 1. The van der Waals surface area contributed by atoms with Crippen molar-refractivity contribution in [2.75, 3.05) is 6.61 Å². The van der Waals surface area contributed by atoms with E-state index in [1.807, 2.05) is 12.1 Å². The average Bonchev–Trinajstić information content (AvgIpc) is 2.36. The first-order chi connectivity index (χ1) is 8.90. The molecule has 0 aliphatic rings. The van der Waals surface area contributed by atoms with Crippen LogP contribution in [0.4, 0.5) is 0 Å². The number of ether oxygens (including phenoxy) is 1. The van der Waals surface area contributed by atoms with Crippen molar-refractivity contribution < 1.29 is 19.4 Å². The summed E-state index contributed by atoms with van der Waals surface area (Å²) in [6.07, 6.45) is 0. The third-order valence-electron chi connectivity index (χ3n) is 2.66. The fraction of sp³-hybridized carbons (Fsp3) is 0.429.